The molecule has 7 heteroatoms. The molecule has 0 aromatic carbocycles. The van der Waals surface area contributed by atoms with Gasteiger partial charge in [0.05, 0.1) is 0 Å². The Morgan fingerprint density at radius 1 is 1.43 bits per heavy atom. The molecule has 2 amide bonds. The van der Waals surface area contributed by atoms with E-state index in [1.54, 1.807) is 20.8 Å². The van der Waals surface area contributed by atoms with Gasteiger partial charge in [-0.2, -0.15) is 0 Å². The van der Waals surface area contributed by atoms with E-state index in [9.17, 15) is 19.5 Å². The standard InChI is InChI=1S/C14H21NO6/c1-5-8-20-12(18)9-6-7-10(16)11(17)15(9)13(19)21-14(2,3)4/h5,9-10,16H,1,6-8H2,2-4H3/t9-,10+/m0/s1. The minimum atomic E-state index is -1.32. The van der Waals surface area contributed by atoms with Gasteiger partial charge in [0.15, 0.2) is 0 Å². The maximum absolute atomic E-state index is 12.1. The highest BCUT2D eigenvalue weighted by atomic mass is 16.6. The van der Waals surface area contributed by atoms with Crippen LogP contribution < -0.4 is 0 Å². The number of hydrogen-bond acceptors (Lipinski definition) is 6. The molecule has 0 aromatic rings. The summed E-state index contributed by atoms with van der Waals surface area (Å²) < 4.78 is 9.99. The monoisotopic (exact) mass is 299 g/mol. The van der Waals surface area contributed by atoms with Crippen LogP contribution in [-0.4, -0.2) is 52.3 Å². The topological polar surface area (TPSA) is 93.1 Å². The van der Waals surface area contributed by atoms with Crippen molar-refractivity contribution in [3.63, 3.8) is 0 Å². The predicted molar refractivity (Wildman–Crippen MR) is 73.3 cm³/mol. The first-order valence-electron chi connectivity index (χ1n) is 6.69. The Kier molecular flexibility index (Phi) is 5.48. The number of likely N-dealkylation sites (tertiary alicyclic amines) is 1. The molecule has 0 saturated carbocycles. The molecule has 1 N–H and O–H groups in total. The average Bonchev–Trinajstić information content (AvgIpc) is 2.36. The largest absolute Gasteiger partial charge is 0.460 e. The fourth-order valence-corrected chi connectivity index (χ4v) is 1.87. The summed E-state index contributed by atoms with van der Waals surface area (Å²) in [6.07, 6.45) is -0.684. The summed E-state index contributed by atoms with van der Waals surface area (Å²) in [5.74, 6) is -1.57. The Labute approximate surface area is 123 Å². The molecule has 0 aliphatic carbocycles. The zero-order chi connectivity index (χ0) is 16.2. The lowest BCUT2D eigenvalue weighted by atomic mass is 10.00. The highest BCUT2D eigenvalue weighted by molar-refractivity contribution is 5.99. The van der Waals surface area contributed by atoms with Crippen LogP contribution in [-0.2, 0) is 19.1 Å². The molecular weight excluding hydrogens is 278 g/mol. The summed E-state index contributed by atoms with van der Waals surface area (Å²) in [5, 5.41) is 9.60. The smallest absolute Gasteiger partial charge is 0.417 e. The summed E-state index contributed by atoms with van der Waals surface area (Å²) in [6, 6.07) is -1.09. The number of aliphatic hydroxyl groups is 1. The number of carbonyl (C=O) groups excluding carboxylic acids is 3. The number of hydrogen-bond donors (Lipinski definition) is 1. The van der Waals surface area contributed by atoms with E-state index < -0.39 is 35.7 Å². The molecule has 0 spiro atoms. The average molecular weight is 299 g/mol. The summed E-state index contributed by atoms with van der Waals surface area (Å²) in [5.41, 5.74) is -0.824. The molecule has 1 saturated heterocycles. The molecule has 0 bridgehead atoms. The minimum Gasteiger partial charge on any atom is -0.460 e. The van der Waals surface area contributed by atoms with Crippen molar-refractivity contribution in [2.24, 2.45) is 0 Å². The number of carbonyl (C=O) groups is 3. The maximum atomic E-state index is 12.1. The van der Waals surface area contributed by atoms with Gasteiger partial charge in [-0.15, -0.1) is 0 Å². The van der Waals surface area contributed by atoms with Gasteiger partial charge in [-0.1, -0.05) is 12.7 Å². The fraction of sp³-hybridized carbons (Fsp3) is 0.643. The quantitative estimate of drug-likeness (QED) is 0.617. The second-order valence-corrected chi connectivity index (χ2v) is 5.72. The van der Waals surface area contributed by atoms with Crippen molar-refractivity contribution in [1.29, 1.82) is 0 Å². The Morgan fingerprint density at radius 2 is 2.05 bits per heavy atom. The maximum Gasteiger partial charge on any atom is 0.417 e. The Bertz CT molecular complexity index is 439. The van der Waals surface area contributed by atoms with Crippen molar-refractivity contribution in [2.45, 2.75) is 51.4 Å². The van der Waals surface area contributed by atoms with Gasteiger partial charge in [-0.25, -0.2) is 14.5 Å². The van der Waals surface area contributed by atoms with Crippen molar-refractivity contribution < 1.29 is 29.0 Å². The zero-order valence-corrected chi connectivity index (χ0v) is 12.5. The van der Waals surface area contributed by atoms with E-state index in [0.29, 0.717) is 4.90 Å². The first-order chi connectivity index (χ1) is 9.67. The third-order valence-electron chi connectivity index (χ3n) is 2.75. The molecule has 1 aliphatic rings. The van der Waals surface area contributed by atoms with Crippen LogP contribution in [0.3, 0.4) is 0 Å². The van der Waals surface area contributed by atoms with Crippen LogP contribution in [0.4, 0.5) is 4.79 Å². The zero-order valence-electron chi connectivity index (χ0n) is 12.5. The molecule has 0 unspecified atom stereocenters. The molecular formula is C14H21NO6. The van der Waals surface area contributed by atoms with Gasteiger partial charge in [-0.3, -0.25) is 4.79 Å². The first kappa shape index (κ1) is 17.2. The Morgan fingerprint density at radius 3 is 2.57 bits per heavy atom. The lowest BCUT2D eigenvalue weighted by molar-refractivity contribution is -0.161. The number of rotatable bonds is 3. The fourth-order valence-electron chi connectivity index (χ4n) is 1.87. The van der Waals surface area contributed by atoms with Crippen molar-refractivity contribution in [1.82, 2.24) is 4.90 Å². The summed E-state index contributed by atoms with van der Waals surface area (Å²) in [4.78, 5) is 36.7. The number of amides is 2. The summed E-state index contributed by atoms with van der Waals surface area (Å²) in [7, 11) is 0. The van der Waals surface area contributed by atoms with Crippen molar-refractivity contribution in [2.75, 3.05) is 6.61 Å². The van der Waals surface area contributed by atoms with E-state index in [0.717, 1.165) is 0 Å². The summed E-state index contributed by atoms with van der Waals surface area (Å²) in [6.45, 7) is 8.32. The van der Waals surface area contributed by atoms with Gasteiger partial charge in [-0.05, 0) is 33.6 Å². The number of nitrogens with zero attached hydrogens (tertiary/aromatic N) is 1. The molecule has 1 rings (SSSR count). The van der Waals surface area contributed by atoms with E-state index >= 15 is 0 Å². The second kappa shape index (κ2) is 6.71. The van der Waals surface area contributed by atoms with E-state index in [-0.39, 0.29) is 19.4 Å². The van der Waals surface area contributed by atoms with E-state index in [1.165, 1.54) is 6.08 Å². The van der Waals surface area contributed by atoms with Gasteiger partial charge in [0.2, 0.25) is 0 Å². The predicted octanol–water partition coefficient (Wildman–Crippen LogP) is 1.00. The lowest BCUT2D eigenvalue weighted by Crippen LogP contribution is -2.57. The number of ether oxygens (including phenoxy) is 2. The minimum absolute atomic E-state index is 0.0196. The van der Waals surface area contributed by atoms with Crippen LogP contribution in [0.5, 0.6) is 0 Å². The molecule has 0 aromatic heterocycles. The van der Waals surface area contributed by atoms with Gasteiger partial charge < -0.3 is 14.6 Å². The highest BCUT2D eigenvalue weighted by Gasteiger charge is 2.44. The van der Waals surface area contributed by atoms with E-state index in [4.69, 9.17) is 9.47 Å². The number of piperidine rings is 1. The number of esters is 1. The van der Waals surface area contributed by atoms with Gasteiger partial charge in [0, 0.05) is 0 Å². The molecule has 7 nitrogen and oxygen atoms in total. The van der Waals surface area contributed by atoms with Crippen LogP contribution >= 0.6 is 0 Å². The molecule has 2 atom stereocenters. The van der Waals surface area contributed by atoms with Crippen LogP contribution in [0.2, 0.25) is 0 Å². The third-order valence-corrected chi connectivity index (χ3v) is 2.75. The second-order valence-electron chi connectivity index (χ2n) is 5.72. The normalized spacial score (nSPS) is 22.7. The van der Waals surface area contributed by atoms with Crippen molar-refractivity contribution in [3.05, 3.63) is 12.7 Å². The number of imide groups is 1. The molecule has 0 radical (unpaired) electrons. The van der Waals surface area contributed by atoms with E-state index in [2.05, 4.69) is 6.58 Å². The van der Waals surface area contributed by atoms with Crippen LogP contribution in [0.25, 0.3) is 0 Å². The molecule has 21 heavy (non-hydrogen) atoms. The lowest BCUT2D eigenvalue weighted by Gasteiger charge is -2.35. The molecule has 1 heterocycles. The highest BCUT2D eigenvalue weighted by Crippen LogP contribution is 2.23. The van der Waals surface area contributed by atoms with Crippen LogP contribution in [0.1, 0.15) is 33.6 Å². The van der Waals surface area contributed by atoms with Crippen LogP contribution in [0.15, 0.2) is 12.7 Å². The van der Waals surface area contributed by atoms with Gasteiger partial charge in [0.25, 0.3) is 5.91 Å². The van der Waals surface area contributed by atoms with Crippen molar-refractivity contribution in [3.8, 4) is 0 Å². The summed E-state index contributed by atoms with van der Waals surface area (Å²) >= 11 is 0. The Hall–Kier alpha value is -1.89. The molecule has 118 valence electrons. The first-order valence-corrected chi connectivity index (χ1v) is 6.69. The van der Waals surface area contributed by atoms with Crippen molar-refractivity contribution >= 4 is 18.0 Å². The molecule has 1 fully saturated rings. The molecule has 1 aliphatic heterocycles. The van der Waals surface area contributed by atoms with Gasteiger partial charge >= 0.3 is 12.1 Å². The SMILES string of the molecule is C=CCOC(=O)[C@@H]1CC[C@@H](O)C(=O)N1C(=O)OC(C)(C)C. The number of aliphatic hydroxyl groups excluding tert-OH is 1. The van der Waals surface area contributed by atoms with Gasteiger partial charge in [0.1, 0.15) is 24.4 Å². The van der Waals surface area contributed by atoms with E-state index in [1.807, 2.05) is 0 Å². The Balaban J connectivity index is 2.93. The third kappa shape index (κ3) is 4.56. The van der Waals surface area contributed by atoms with Crippen LogP contribution in [0, 0.1) is 0 Å².